The van der Waals surface area contributed by atoms with Crippen LogP contribution in [0.5, 0.6) is 0 Å². The average Bonchev–Trinajstić information content (AvgIpc) is 3.15. The molecule has 4 aromatic rings. The van der Waals surface area contributed by atoms with Gasteiger partial charge < -0.3 is 5.32 Å². The predicted octanol–water partition coefficient (Wildman–Crippen LogP) is 4.15. The quantitative estimate of drug-likeness (QED) is 0.473. The minimum absolute atomic E-state index is 0.0732. The van der Waals surface area contributed by atoms with Gasteiger partial charge in [-0.25, -0.2) is 27.7 Å². The lowest BCUT2D eigenvalue weighted by molar-refractivity contribution is -0.114. The van der Waals surface area contributed by atoms with E-state index in [4.69, 9.17) is 0 Å². The van der Waals surface area contributed by atoms with Crippen LogP contribution >= 0.6 is 11.3 Å². The Labute approximate surface area is 190 Å². The third-order valence-electron chi connectivity index (χ3n) is 5.03. The second-order valence-electron chi connectivity index (χ2n) is 7.34. The molecule has 0 radical (unpaired) electrons. The molecule has 8 nitrogen and oxygen atoms in total. The third kappa shape index (κ3) is 4.19. The molecule has 1 amide bonds. The maximum atomic E-state index is 13.1. The molecule has 0 aliphatic carbocycles. The van der Waals surface area contributed by atoms with Crippen LogP contribution in [0, 0.1) is 13.8 Å². The molecule has 2 aromatic heterocycles. The average molecular weight is 468 g/mol. The SMILES string of the molecule is CC(=O)Nc1nc2ccc(-c3ccnc(N(C)S(=O)(=O)c4ccc(C)c(C)c4)n3)cc2s1. The van der Waals surface area contributed by atoms with Gasteiger partial charge in [-0.05, 0) is 55.3 Å². The monoisotopic (exact) mass is 467 g/mol. The smallest absolute Gasteiger partial charge is 0.266 e. The lowest BCUT2D eigenvalue weighted by Crippen LogP contribution is -2.28. The van der Waals surface area contributed by atoms with E-state index in [1.54, 1.807) is 24.3 Å². The summed E-state index contributed by atoms with van der Waals surface area (Å²) in [6.07, 6.45) is 1.53. The molecule has 2 heterocycles. The summed E-state index contributed by atoms with van der Waals surface area (Å²) in [7, 11) is -2.37. The first-order valence-corrected chi connectivity index (χ1v) is 12.0. The Morgan fingerprint density at radius 1 is 1.03 bits per heavy atom. The number of nitrogens with one attached hydrogen (secondary N) is 1. The zero-order valence-electron chi connectivity index (χ0n) is 17.9. The Morgan fingerprint density at radius 2 is 1.81 bits per heavy atom. The Bertz CT molecular complexity index is 1450. The lowest BCUT2D eigenvalue weighted by Gasteiger charge is -2.18. The van der Waals surface area contributed by atoms with Crippen LogP contribution in [-0.4, -0.2) is 36.3 Å². The maximum absolute atomic E-state index is 13.1. The molecule has 0 aliphatic heterocycles. The van der Waals surface area contributed by atoms with Crippen molar-refractivity contribution in [2.24, 2.45) is 0 Å². The molecule has 0 fully saturated rings. The molecule has 32 heavy (non-hydrogen) atoms. The van der Waals surface area contributed by atoms with Crippen LogP contribution in [0.1, 0.15) is 18.1 Å². The molecular weight excluding hydrogens is 446 g/mol. The number of fused-ring (bicyclic) bond motifs is 1. The van der Waals surface area contributed by atoms with E-state index >= 15 is 0 Å². The van der Waals surface area contributed by atoms with Crippen molar-refractivity contribution in [3.63, 3.8) is 0 Å². The summed E-state index contributed by atoms with van der Waals surface area (Å²) in [5.41, 5.74) is 4.03. The molecular formula is C22H21N5O3S2. The van der Waals surface area contributed by atoms with Crippen molar-refractivity contribution >= 4 is 48.6 Å². The van der Waals surface area contributed by atoms with Gasteiger partial charge in [0.15, 0.2) is 5.13 Å². The molecule has 1 N–H and O–H groups in total. The minimum atomic E-state index is -3.81. The number of hydrogen-bond donors (Lipinski definition) is 1. The molecule has 0 spiro atoms. The molecule has 164 valence electrons. The summed E-state index contributed by atoms with van der Waals surface area (Å²) in [5.74, 6) is -0.109. The molecule has 10 heteroatoms. The van der Waals surface area contributed by atoms with Crippen LogP contribution in [0.4, 0.5) is 11.1 Å². The summed E-state index contributed by atoms with van der Waals surface area (Å²) in [4.78, 5) is 24.5. The lowest BCUT2D eigenvalue weighted by atomic mass is 10.1. The number of rotatable bonds is 5. The number of carbonyl (C=O) groups excluding carboxylic acids is 1. The fourth-order valence-electron chi connectivity index (χ4n) is 3.09. The van der Waals surface area contributed by atoms with Crippen molar-refractivity contribution < 1.29 is 13.2 Å². The normalized spacial score (nSPS) is 11.5. The first-order chi connectivity index (χ1) is 15.1. The van der Waals surface area contributed by atoms with E-state index in [1.165, 1.54) is 31.5 Å². The molecule has 0 atom stereocenters. The van der Waals surface area contributed by atoms with E-state index in [9.17, 15) is 13.2 Å². The van der Waals surface area contributed by atoms with Crippen LogP contribution in [0.15, 0.2) is 53.6 Å². The summed E-state index contributed by atoms with van der Waals surface area (Å²) < 4.78 is 28.2. The number of thiazole rings is 1. The van der Waals surface area contributed by atoms with Crippen LogP contribution in [0.2, 0.25) is 0 Å². The standard InChI is InChI=1S/C22H21N5O3S2/c1-13-5-7-17(11-14(13)2)32(29,30)27(4)21-23-10-9-18(25-21)16-6-8-19-20(12-16)31-22(26-19)24-15(3)28/h5-12H,1-4H3,(H,24,26,28). The van der Waals surface area contributed by atoms with E-state index in [1.807, 2.05) is 32.0 Å². The Morgan fingerprint density at radius 3 is 2.53 bits per heavy atom. The predicted molar refractivity (Wildman–Crippen MR) is 126 cm³/mol. The van der Waals surface area contributed by atoms with Gasteiger partial charge in [-0.2, -0.15) is 0 Å². The number of sulfonamides is 1. The van der Waals surface area contributed by atoms with E-state index in [0.29, 0.717) is 10.8 Å². The van der Waals surface area contributed by atoms with Crippen molar-refractivity contribution in [3.05, 3.63) is 59.8 Å². The van der Waals surface area contributed by atoms with E-state index in [0.717, 1.165) is 31.2 Å². The van der Waals surface area contributed by atoms with Gasteiger partial charge in [0, 0.05) is 25.7 Å². The van der Waals surface area contributed by atoms with Gasteiger partial charge in [0.25, 0.3) is 10.0 Å². The second-order valence-corrected chi connectivity index (χ2v) is 10.3. The highest BCUT2D eigenvalue weighted by Gasteiger charge is 2.24. The maximum Gasteiger partial charge on any atom is 0.266 e. The van der Waals surface area contributed by atoms with Crippen molar-refractivity contribution in [2.45, 2.75) is 25.7 Å². The minimum Gasteiger partial charge on any atom is -0.302 e. The number of carbonyl (C=O) groups is 1. The molecule has 0 saturated heterocycles. The van der Waals surface area contributed by atoms with Crippen LogP contribution in [-0.2, 0) is 14.8 Å². The summed E-state index contributed by atoms with van der Waals surface area (Å²) in [5, 5.41) is 3.21. The van der Waals surface area contributed by atoms with E-state index in [2.05, 4.69) is 20.3 Å². The Kier molecular flexibility index (Phi) is 5.66. The number of aromatic nitrogens is 3. The number of anilines is 2. The first kappa shape index (κ1) is 21.8. The Balaban J connectivity index is 1.68. The van der Waals surface area contributed by atoms with Crippen molar-refractivity contribution in [2.75, 3.05) is 16.7 Å². The number of benzene rings is 2. The molecule has 0 unspecified atom stereocenters. The van der Waals surface area contributed by atoms with Crippen molar-refractivity contribution in [1.82, 2.24) is 15.0 Å². The van der Waals surface area contributed by atoms with E-state index in [-0.39, 0.29) is 16.8 Å². The molecule has 2 aromatic carbocycles. The number of hydrogen-bond acceptors (Lipinski definition) is 7. The highest BCUT2D eigenvalue weighted by molar-refractivity contribution is 7.92. The fraction of sp³-hybridized carbons (Fsp3) is 0.182. The van der Waals surface area contributed by atoms with Crippen LogP contribution in [0.3, 0.4) is 0 Å². The number of amides is 1. The van der Waals surface area contributed by atoms with Crippen molar-refractivity contribution in [1.29, 1.82) is 0 Å². The van der Waals surface area contributed by atoms with Gasteiger partial charge in [0.2, 0.25) is 11.9 Å². The second kappa shape index (κ2) is 8.29. The number of nitrogens with zero attached hydrogens (tertiary/aromatic N) is 4. The summed E-state index contributed by atoms with van der Waals surface area (Å²) >= 11 is 1.36. The number of aryl methyl sites for hydroxylation is 2. The summed E-state index contributed by atoms with van der Waals surface area (Å²) in [6.45, 7) is 5.24. The van der Waals surface area contributed by atoms with Gasteiger partial charge in [0.1, 0.15) is 0 Å². The van der Waals surface area contributed by atoms with Gasteiger partial charge in [-0.15, -0.1) is 0 Å². The molecule has 0 aliphatic rings. The molecule has 0 bridgehead atoms. The zero-order chi connectivity index (χ0) is 23.0. The molecule has 0 saturated carbocycles. The largest absolute Gasteiger partial charge is 0.302 e. The van der Waals surface area contributed by atoms with Gasteiger partial charge in [-0.1, -0.05) is 23.5 Å². The van der Waals surface area contributed by atoms with Crippen molar-refractivity contribution in [3.8, 4) is 11.3 Å². The van der Waals surface area contributed by atoms with Crippen LogP contribution in [0.25, 0.3) is 21.5 Å². The highest BCUT2D eigenvalue weighted by atomic mass is 32.2. The van der Waals surface area contributed by atoms with Crippen LogP contribution < -0.4 is 9.62 Å². The van der Waals surface area contributed by atoms with Gasteiger partial charge >= 0.3 is 0 Å². The first-order valence-electron chi connectivity index (χ1n) is 9.73. The highest BCUT2D eigenvalue weighted by Crippen LogP contribution is 2.30. The zero-order valence-corrected chi connectivity index (χ0v) is 19.6. The van der Waals surface area contributed by atoms with E-state index < -0.39 is 10.0 Å². The fourth-order valence-corrected chi connectivity index (χ4v) is 5.22. The summed E-state index contributed by atoms with van der Waals surface area (Å²) in [6, 6.07) is 12.3. The molecule has 4 rings (SSSR count). The third-order valence-corrected chi connectivity index (χ3v) is 7.70. The van der Waals surface area contributed by atoms with Gasteiger partial charge in [-0.3, -0.25) is 4.79 Å². The topological polar surface area (TPSA) is 105 Å². The Hall–Kier alpha value is -3.37. The van der Waals surface area contributed by atoms with Gasteiger partial charge in [0.05, 0.1) is 20.8 Å².